The lowest BCUT2D eigenvalue weighted by atomic mass is 10.3. The Labute approximate surface area is 98.2 Å². The van der Waals surface area contributed by atoms with Gasteiger partial charge in [0.15, 0.2) is 0 Å². The van der Waals surface area contributed by atoms with E-state index in [1.54, 1.807) is 0 Å². The van der Waals surface area contributed by atoms with Gasteiger partial charge in [-0.15, -0.1) is 0 Å². The van der Waals surface area contributed by atoms with E-state index in [9.17, 15) is 8.42 Å². The maximum Gasteiger partial charge on any atom is 0.215 e. The fourth-order valence-corrected chi connectivity index (χ4v) is 3.07. The van der Waals surface area contributed by atoms with Gasteiger partial charge >= 0.3 is 0 Å². The van der Waals surface area contributed by atoms with Gasteiger partial charge in [0.1, 0.15) is 0 Å². The first kappa shape index (κ1) is 13.9. The van der Waals surface area contributed by atoms with Crippen LogP contribution < -0.4 is 5.32 Å². The highest BCUT2D eigenvalue weighted by Gasteiger charge is 2.26. The SMILES string of the molecule is CC(C)NCCS(=O)(=O)N1CCOC(C)C1. The zero-order valence-corrected chi connectivity index (χ0v) is 11.1. The third kappa shape index (κ3) is 4.37. The van der Waals surface area contributed by atoms with E-state index in [2.05, 4.69) is 5.32 Å². The van der Waals surface area contributed by atoms with Crippen molar-refractivity contribution >= 4 is 10.0 Å². The van der Waals surface area contributed by atoms with Crippen LogP contribution in [0.3, 0.4) is 0 Å². The normalized spacial score (nSPS) is 23.9. The van der Waals surface area contributed by atoms with Crippen LogP contribution in [0.25, 0.3) is 0 Å². The summed E-state index contributed by atoms with van der Waals surface area (Å²) < 4.78 is 30.7. The third-order valence-corrected chi connectivity index (χ3v) is 4.35. The molecule has 0 spiro atoms. The first-order chi connectivity index (χ1) is 7.42. The molecule has 1 unspecified atom stereocenters. The fourth-order valence-electron chi connectivity index (χ4n) is 1.64. The number of sulfonamides is 1. The molecule has 0 aromatic carbocycles. The average Bonchev–Trinajstić information content (AvgIpc) is 2.16. The molecule has 0 amide bonds. The molecule has 0 aromatic rings. The van der Waals surface area contributed by atoms with Crippen molar-refractivity contribution < 1.29 is 13.2 Å². The zero-order valence-electron chi connectivity index (χ0n) is 10.3. The summed E-state index contributed by atoms with van der Waals surface area (Å²) in [7, 11) is -3.12. The van der Waals surface area contributed by atoms with Crippen LogP contribution in [0.15, 0.2) is 0 Å². The first-order valence-corrected chi connectivity index (χ1v) is 7.35. The Kier molecular flexibility index (Phi) is 5.17. The quantitative estimate of drug-likeness (QED) is 0.748. The van der Waals surface area contributed by atoms with E-state index >= 15 is 0 Å². The van der Waals surface area contributed by atoms with Crippen LogP contribution in [0, 0.1) is 0 Å². The topological polar surface area (TPSA) is 58.6 Å². The summed E-state index contributed by atoms with van der Waals surface area (Å²) >= 11 is 0. The van der Waals surface area contributed by atoms with Gasteiger partial charge in [-0.2, -0.15) is 4.31 Å². The van der Waals surface area contributed by atoms with E-state index in [4.69, 9.17) is 4.74 Å². The predicted molar refractivity (Wildman–Crippen MR) is 63.9 cm³/mol. The van der Waals surface area contributed by atoms with Gasteiger partial charge in [0.2, 0.25) is 10.0 Å². The molecule has 1 aliphatic rings. The van der Waals surface area contributed by atoms with Crippen LogP contribution in [0.2, 0.25) is 0 Å². The lowest BCUT2D eigenvalue weighted by molar-refractivity contribution is 0.0102. The van der Waals surface area contributed by atoms with Gasteiger partial charge in [-0.05, 0) is 6.92 Å². The average molecular weight is 250 g/mol. The lowest BCUT2D eigenvalue weighted by Crippen LogP contribution is -2.46. The number of ether oxygens (including phenoxy) is 1. The molecule has 1 saturated heterocycles. The first-order valence-electron chi connectivity index (χ1n) is 5.74. The number of nitrogens with one attached hydrogen (secondary N) is 1. The fraction of sp³-hybridized carbons (Fsp3) is 1.00. The minimum absolute atomic E-state index is 0.00147. The van der Waals surface area contributed by atoms with Gasteiger partial charge < -0.3 is 10.1 Å². The molecule has 96 valence electrons. The molecule has 1 N–H and O–H groups in total. The summed E-state index contributed by atoms with van der Waals surface area (Å²) in [6, 6.07) is 0.318. The highest BCUT2D eigenvalue weighted by atomic mass is 32.2. The molecule has 1 heterocycles. The number of nitrogens with zero attached hydrogens (tertiary/aromatic N) is 1. The van der Waals surface area contributed by atoms with E-state index in [1.807, 2.05) is 20.8 Å². The van der Waals surface area contributed by atoms with Gasteiger partial charge in [0.25, 0.3) is 0 Å². The van der Waals surface area contributed by atoms with E-state index in [0.29, 0.717) is 32.3 Å². The summed E-state index contributed by atoms with van der Waals surface area (Å²) in [5.41, 5.74) is 0. The van der Waals surface area contributed by atoms with Crippen LogP contribution >= 0.6 is 0 Å². The smallest absolute Gasteiger partial charge is 0.215 e. The largest absolute Gasteiger partial charge is 0.376 e. The van der Waals surface area contributed by atoms with Gasteiger partial charge in [-0.3, -0.25) is 0 Å². The zero-order chi connectivity index (χ0) is 12.2. The summed E-state index contributed by atoms with van der Waals surface area (Å²) in [5.74, 6) is 0.165. The van der Waals surface area contributed by atoms with Crippen molar-refractivity contribution in [3.05, 3.63) is 0 Å². The van der Waals surface area contributed by atoms with E-state index < -0.39 is 10.0 Å². The lowest BCUT2D eigenvalue weighted by Gasteiger charge is -2.30. The Morgan fingerprint density at radius 3 is 2.75 bits per heavy atom. The van der Waals surface area contributed by atoms with E-state index in [1.165, 1.54) is 4.31 Å². The standard InChI is InChI=1S/C10H22N2O3S/c1-9(2)11-4-7-16(13,14)12-5-6-15-10(3)8-12/h9-11H,4-8H2,1-3H3. The summed E-state index contributed by atoms with van der Waals surface area (Å²) in [6.45, 7) is 7.86. The molecular weight excluding hydrogens is 228 g/mol. The second-order valence-corrected chi connectivity index (χ2v) is 6.55. The number of hydrogen-bond acceptors (Lipinski definition) is 4. The van der Waals surface area contributed by atoms with Crippen molar-refractivity contribution in [1.29, 1.82) is 0 Å². The number of rotatable bonds is 5. The molecule has 1 aliphatic heterocycles. The monoisotopic (exact) mass is 250 g/mol. The summed E-state index contributed by atoms with van der Waals surface area (Å²) in [4.78, 5) is 0. The number of morpholine rings is 1. The second-order valence-electron chi connectivity index (χ2n) is 4.46. The molecule has 0 saturated carbocycles. The Bertz CT molecular complexity index is 303. The van der Waals surface area contributed by atoms with Crippen molar-refractivity contribution in [3.63, 3.8) is 0 Å². The summed E-state index contributed by atoms with van der Waals surface area (Å²) in [5, 5.41) is 3.11. The molecular formula is C10H22N2O3S. The Hall–Kier alpha value is -0.170. The van der Waals surface area contributed by atoms with Crippen molar-refractivity contribution in [3.8, 4) is 0 Å². The molecule has 5 nitrogen and oxygen atoms in total. The maximum absolute atomic E-state index is 11.9. The molecule has 1 rings (SSSR count). The van der Waals surface area contributed by atoms with Crippen LogP contribution in [0.4, 0.5) is 0 Å². The van der Waals surface area contributed by atoms with Gasteiger partial charge in [0.05, 0.1) is 18.5 Å². The van der Waals surface area contributed by atoms with Crippen molar-refractivity contribution in [2.45, 2.75) is 32.9 Å². The number of hydrogen-bond donors (Lipinski definition) is 1. The minimum atomic E-state index is -3.12. The molecule has 1 atom stereocenters. The Morgan fingerprint density at radius 2 is 2.19 bits per heavy atom. The molecule has 1 fully saturated rings. The minimum Gasteiger partial charge on any atom is -0.376 e. The van der Waals surface area contributed by atoms with Crippen LogP contribution in [-0.2, 0) is 14.8 Å². The van der Waals surface area contributed by atoms with Gasteiger partial charge in [-0.1, -0.05) is 13.8 Å². The van der Waals surface area contributed by atoms with E-state index in [-0.39, 0.29) is 11.9 Å². The predicted octanol–water partition coefficient (Wildman–Crippen LogP) is 0.0349. The Morgan fingerprint density at radius 1 is 1.50 bits per heavy atom. The maximum atomic E-state index is 11.9. The van der Waals surface area contributed by atoms with Crippen LogP contribution in [-0.4, -0.2) is 56.9 Å². The van der Waals surface area contributed by atoms with Crippen LogP contribution in [0.1, 0.15) is 20.8 Å². The Balaban J connectivity index is 2.43. The second kappa shape index (κ2) is 5.95. The molecule has 0 aliphatic carbocycles. The van der Waals surface area contributed by atoms with Crippen molar-refractivity contribution in [1.82, 2.24) is 9.62 Å². The molecule has 0 aromatic heterocycles. The summed E-state index contributed by atoms with van der Waals surface area (Å²) in [6.07, 6.45) is 0.00147. The highest BCUT2D eigenvalue weighted by Crippen LogP contribution is 2.09. The van der Waals surface area contributed by atoms with E-state index in [0.717, 1.165) is 0 Å². The van der Waals surface area contributed by atoms with Crippen molar-refractivity contribution in [2.75, 3.05) is 32.0 Å². The highest BCUT2D eigenvalue weighted by molar-refractivity contribution is 7.89. The molecule has 16 heavy (non-hydrogen) atoms. The van der Waals surface area contributed by atoms with Gasteiger partial charge in [0, 0.05) is 25.7 Å². The van der Waals surface area contributed by atoms with Crippen molar-refractivity contribution in [2.24, 2.45) is 0 Å². The van der Waals surface area contributed by atoms with Crippen LogP contribution in [0.5, 0.6) is 0 Å². The third-order valence-electron chi connectivity index (χ3n) is 2.51. The molecule has 0 bridgehead atoms. The van der Waals surface area contributed by atoms with Gasteiger partial charge in [-0.25, -0.2) is 8.42 Å². The molecule has 0 radical (unpaired) electrons. The molecule has 6 heteroatoms.